The zero-order chi connectivity index (χ0) is 18.7. The van der Waals surface area contributed by atoms with Crippen LogP contribution < -0.4 is 0 Å². The number of ether oxygens (including phenoxy) is 1. The number of carbonyl (C=O) groups excluding carboxylic acids is 1. The van der Waals surface area contributed by atoms with Gasteiger partial charge in [0.1, 0.15) is 5.38 Å². The second kappa shape index (κ2) is 7.58. The number of hydrogen-bond acceptors (Lipinski definition) is 2. The summed E-state index contributed by atoms with van der Waals surface area (Å²) >= 11 is 0. The van der Waals surface area contributed by atoms with Crippen LogP contribution in [0.1, 0.15) is 49.4 Å². The maximum Gasteiger partial charge on any atom is 0.339 e. The van der Waals surface area contributed by atoms with Crippen LogP contribution in [0.15, 0.2) is 60.0 Å². The van der Waals surface area contributed by atoms with Crippen molar-refractivity contribution in [1.82, 2.24) is 0 Å². The second-order valence-corrected chi connectivity index (χ2v) is 8.88. The predicted molar refractivity (Wildman–Crippen MR) is 112 cm³/mol. The van der Waals surface area contributed by atoms with Crippen molar-refractivity contribution in [2.24, 2.45) is 0 Å². The average Bonchev–Trinajstić information content (AvgIpc) is 3.13. The Morgan fingerprint density at radius 3 is 2.48 bits per heavy atom. The molecular formula is C24H23O2S+. The molecule has 1 atom stereocenters. The Kier molecular flexibility index (Phi) is 5.01. The van der Waals surface area contributed by atoms with E-state index >= 15 is 0 Å². The molecule has 1 unspecified atom stereocenters. The molecule has 1 saturated carbocycles. The van der Waals surface area contributed by atoms with Crippen molar-refractivity contribution in [1.29, 1.82) is 0 Å². The molecular weight excluding hydrogens is 352 g/mol. The van der Waals surface area contributed by atoms with E-state index in [1.54, 1.807) is 0 Å². The summed E-state index contributed by atoms with van der Waals surface area (Å²) in [6, 6.07) is 18.5. The van der Waals surface area contributed by atoms with E-state index in [4.69, 9.17) is 4.74 Å². The van der Waals surface area contributed by atoms with Crippen molar-refractivity contribution < 1.29 is 9.53 Å². The molecule has 1 aliphatic carbocycles. The molecule has 0 spiro atoms. The highest BCUT2D eigenvalue weighted by Gasteiger charge is 2.34. The summed E-state index contributed by atoms with van der Waals surface area (Å²) in [7, 11) is -0.0597. The summed E-state index contributed by atoms with van der Waals surface area (Å²) in [6.07, 6.45) is 4.99. The van der Waals surface area contributed by atoms with E-state index < -0.39 is 5.60 Å². The van der Waals surface area contributed by atoms with Gasteiger partial charge in [0.05, 0.1) is 5.56 Å². The van der Waals surface area contributed by atoms with Gasteiger partial charge in [-0.05, 0) is 69.0 Å². The molecule has 1 aliphatic rings. The molecule has 3 heteroatoms. The summed E-state index contributed by atoms with van der Waals surface area (Å²) in [6.45, 7) is 1.81. The predicted octanol–water partition coefficient (Wildman–Crippen LogP) is 6.46. The van der Waals surface area contributed by atoms with Crippen molar-refractivity contribution >= 4 is 26.5 Å². The summed E-state index contributed by atoms with van der Waals surface area (Å²) in [5, 5.41) is 3.52. The quantitative estimate of drug-likeness (QED) is 0.298. The van der Waals surface area contributed by atoms with Gasteiger partial charge in [0.25, 0.3) is 0 Å². The minimum Gasteiger partial charge on any atom is -0.442 e. The molecule has 0 N–H and O–H groups in total. The van der Waals surface area contributed by atoms with Crippen LogP contribution in [0.5, 0.6) is 0 Å². The number of rotatable bonds is 3. The molecule has 0 aliphatic heterocycles. The van der Waals surface area contributed by atoms with Crippen LogP contribution in [0.25, 0.3) is 15.0 Å². The smallest absolute Gasteiger partial charge is 0.339 e. The summed E-state index contributed by atoms with van der Waals surface area (Å²) < 4.78 is 7.24. The fourth-order valence-electron chi connectivity index (χ4n) is 3.82. The summed E-state index contributed by atoms with van der Waals surface area (Å²) in [5.74, 6) is 5.86. The molecule has 0 saturated heterocycles. The van der Waals surface area contributed by atoms with Crippen LogP contribution in [-0.2, 0) is 4.74 Å². The van der Waals surface area contributed by atoms with Crippen LogP contribution >= 0.6 is 10.5 Å². The third-order valence-corrected chi connectivity index (χ3v) is 7.22. The van der Waals surface area contributed by atoms with Crippen molar-refractivity contribution in [3.05, 3.63) is 65.5 Å². The molecule has 2 nitrogen and oxygen atoms in total. The van der Waals surface area contributed by atoms with Gasteiger partial charge in [0.2, 0.25) is 0 Å². The minimum absolute atomic E-state index is 0.0597. The summed E-state index contributed by atoms with van der Waals surface area (Å²) in [4.78, 5) is 13.9. The largest absolute Gasteiger partial charge is 0.442 e. The molecule has 3 aromatic rings. The van der Waals surface area contributed by atoms with E-state index in [0.717, 1.165) is 25.7 Å². The number of hydrogen-bond donors (Lipinski definition) is 0. The number of esters is 1. The molecule has 0 radical (unpaired) electrons. The number of fused-ring (bicyclic) bond motifs is 1. The van der Waals surface area contributed by atoms with Gasteiger partial charge in [-0.2, -0.15) is 0 Å². The van der Waals surface area contributed by atoms with Gasteiger partial charge in [-0.15, -0.1) is 5.92 Å². The Morgan fingerprint density at radius 2 is 1.74 bits per heavy atom. The van der Waals surface area contributed by atoms with E-state index in [1.807, 2.05) is 31.2 Å². The van der Waals surface area contributed by atoms with Crippen molar-refractivity contribution in [3.8, 4) is 16.7 Å². The van der Waals surface area contributed by atoms with E-state index in [0.29, 0.717) is 5.56 Å². The lowest BCUT2D eigenvalue weighted by atomic mass is 9.85. The Balaban J connectivity index is 1.56. The van der Waals surface area contributed by atoms with Gasteiger partial charge < -0.3 is 4.74 Å². The van der Waals surface area contributed by atoms with Gasteiger partial charge in [0.15, 0.2) is 15.2 Å². The molecule has 4 rings (SSSR count). The fraction of sp³-hybridized carbons (Fsp3) is 0.292. The van der Waals surface area contributed by atoms with Crippen LogP contribution in [0.4, 0.5) is 0 Å². The molecule has 1 heterocycles. The average molecular weight is 376 g/mol. The van der Waals surface area contributed by atoms with Crippen LogP contribution in [0.3, 0.4) is 0 Å². The Morgan fingerprint density at radius 1 is 1.00 bits per heavy atom. The second-order valence-electron chi connectivity index (χ2n) is 7.02. The molecule has 27 heavy (non-hydrogen) atoms. The lowest BCUT2D eigenvalue weighted by molar-refractivity contribution is -0.00670. The Labute approximate surface area is 163 Å². The Bertz CT molecular complexity index is 1010. The molecule has 0 bridgehead atoms. The molecule has 1 aromatic heterocycles. The zero-order valence-electron chi connectivity index (χ0n) is 15.5. The lowest BCUT2D eigenvalue weighted by Crippen LogP contribution is -2.35. The highest BCUT2D eigenvalue weighted by atomic mass is 32.2. The number of carbonyl (C=O) groups is 1. The SMILES string of the molecule is CC#CC1(OC(=O)c2ccc(-[s+]3ccc4ccccc43)cc2)CCCCC1. The first-order chi connectivity index (χ1) is 13.2. The van der Waals surface area contributed by atoms with Crippen molar-refractivity contribution in [2.75, 3.05) is 0 Å². The third kappa shape index (κ3) is 3.63. The molecule has 2 aromatic carbocycles. The van der Waals surface area contributed by atoms with Gasteiger partial charge in [-0.3, -0.25) is 0 Å². The number of benzene rings is 2. The van der Waals surface area contributed by atoms with Crippen molar-refractivity contribution in [3.63, 3.8) is 0 Å². The van der Waals surface area contributed by atoms with Crippen LogP contribution in [0, 0.1) is 11.8 Å². The van der Waals surface area contributed by atoms with E-state index in [2.05, 4.69) is 47.6 Å². The summed E-state index contributed by atoms with van der Waals surface area (Å²) in [5.41, 5.74) is -0.000806. The van der Waals surface area contributed by atoms with Gasteiger partial charge in [-0.25, -0.2) is 4.79 Å². The molecule has 0 amide bonds. The minimum atomic E-state index is -0.600. The van der Waals surface area contributed by atoms with Crippen LogP contribution in [-0.4, -0.2) is 11.6 Å². The maximum absolute atomic E-state index is 12.7. The zero-order valence-corrected chi connectivity index (χ0v) is 16.4. The van der Waals surface area contributed by atoms with E-state index in [1.165, 1.54) is 21.4 Å². The topological polar surface area (TPSA) is 26.3 Å². The molecule has 1 fully saturated rings. The van der Waals surface area contributed by atoms with Gasteiger partial charge >= 0.3 is 5.97 Å². The first-order valence-corrected chi connectivity index (χ1v) is 10.8. The van der Waals surface area contributed by atoms with Crippen molar-refractivity contribution in [2.45, 2.75) is 44.6 Å². The lowest BCUT2D eigenvalue weighted by Gasteiger charge is -2.32. The fourth-order valence-corrected chi connectivity index (χ4v) is 5.70. The van der Waals surface area contributed by atoms with E-state index in [9.17, 15) is 4.79 Å². The van der Waals surface area contributed by atoms with Gasteiger partial charge in [0, 0.05) is 21.9 Å². The highest BCUT2D eigenvalue weighted by molar-refractivity contribution is 7.43. The first-order valence-electron chi connectivity index (χ1n) is 9.48. The molecule has 136 valence electrons. The standard InChI is InChI=1S/C24H23O2S/c1-2-15-24(16-6-3-7-17-24)26-23(25)20-10-12-21(13-11-20)27-18-14-19-8-4-5-9-22(19)27/h4-5,8-14,18H,3,6-7,16-17H2,1H3/q+1. The monoisotopic (exact) mass is 375 g/mol. The third-order valence-electron chi connectivity index (χ3n) is 5.19. The first kappa shape index (κ1) is 17.8. The number of thiophene rings is 1. The highest BCUT2D eigenvalue weighted by Crippen LogP contribution is 2.39. The van der Waals surface area contributed by atoms with E-state index in [-0.39, 0.29) is 16.4 Å². The Hall–Kier alpha value is -2.57. The van der Waals surface area contributed by atoms with Gasteiger partial charge in [-0.1, -0.05) is 24.5 Å². The van der Waals surface area contributed by atoms with Crippen LogP contribution in [0.2, 0.25) is 0 Å². The normalized spacial score (nSPS) is 16.4. The maximum atomic E-state index is 12.7.